The van der Waals surface area contributed by atoms with Crippen molar-refractivity contribution in [2.75, 3.05) is 18.5 Å². The third-order valence-electron chi connectivity index (χ3n) is 3.38. The van der Waals surface area contributed by atoms with Gasteiger partial charge in [0.2, 0.25) is 0 Å². The normalized spacial score (nSPS) is 10.3. The summed E-state index contributed by atoms with van der Waals surface area (Å²) in [7, 11) is 0. The molecule has 2 aromatic carbocycles. The van der Waals surface area contributed by atoms with E-state index in [9.17, 15) is 8.78 Å². The topological polar surface area (TPSA) is 33.3 Å². The van der Waals surface area contributed by atoms with E-state index in [-0.39, 0.29) is 10.8 Å². The average Bonchev–Trinajstić information content (AvgIpc) is 2.57. The number of nitrogens with one attached hydrogen (secondary N) is 2. The maximum Gasteiger partial charge on any atom is 0.170 e. The van der Waals surface area contributed by atoms with E-state index in [1.54, 1.807) is 0 Å². The Morgan fingerprint density at radius 2 is 1.79 bits per heavy atom. The highest BCUT2D eigenvalue weighted by Gasteiger charge is 2.09. The quantitative estimate of drug-likeness (QED) is 0.577. The first-order valence-corrected chi connectivity index (χ1v) is 8.22. The van der Waals surface area contributed by atoms with Crippen LogP contribution in [0.4, 0.5) is 14.5 Å². The molecule has 0 saturated heterocycles. The molecule has 6 heteroatoms. The lowest BCUT2D eigenvalue weighted by Gasteiger charge is -2.13. The van der Waals surface area contributed by atoms with Gasteiger partial charge < -0.3 is 15.4 Å². The molecule has 3 nitrogen and oxygen atoms in total. The second-order valence-electron chi connectivity index (χ2n) is 5.12. The fourth-order valence-corrected chi connectivity index (χ4v) is 2.47. The van der Waals surface area contributed by atoms with E-state index in [0.29, 0.717) is 13.2 Å². The molecule has 0 radical (unpaired) electrons. The molecule has 0 unspecified atom stereocenters. The molecule has 2 aromatic rings. The third-order valence-corrected chi connectivity index (χ3v) is 3.63. The molecule has 0 amide bonds. The molecule has 0 heterocycles. The number of aryl methyl sites for hydroxylation is 1. The highest BCUT2D eigenvalue weighted by Crippen LogP contribution is 2.19. The van der Waals surface area contributed by atoms with Gasteiger partial charge in [-0.3, -0.25) is 0 Å². The first-order valence-electron chi connectivity index (χ1n) is 7.81. The molecule has 0 aliphatic rings. The summed E-state index contributed by atoms with van der Waals surface area (Å²) in [5.41, 5.74) is 0.886. The minimum Gasteiger partial charge on any atom is -0.494 e. The molecule has 0 aromatic heterocycles. The predicted octanol–water partition coefficient (Wildman–Crippen LogP) is 4.28. The van der Waals surface area contributed by atoms with Crippen LogP contribution >= 0.6 is 12.2 Å². The lowest BCUT2D eigenvalue weighted by Crippen LogP contribution is -2.30. The van der Waals surface area contributed by atoms with Gasteiger partial charge in [-0.25, -0.2) is 8.78 Å². The lowest BCUT2D eigenvalue weighted by atomic mass is 10.1. The van der Waals surface area contributed by atoms with Gasteiger partial charge in [-0.2, -0.15) is 0 Å². The van der Waals surface area contributed by atoms with Gasteiger partial charge in [0.15, 0.2) is 5.11 Å². The van der Waals surface area contributed by atoms with Gasteiger partial charge >= 0.3 is 0 Å². The second-order valence-corrected chi connectivity index (χ2v) is 5.53. The fraction of sp³-hybridized carbons (Fsp3) is 0.278. The Bertz CT molecular complexity index is 674. The summed E-state index contributed by atoms with van der Waals surface area (Å²) in [5, 5.41) is 5.70. The summed E-state index contributed by atoms with van der Waals surface area (Å²) in [6.07, 6.45) is 1.63. The van der Waals surface area contributed by atoms with Gasteiger partial charge in [-0.1, -0.05) is 24.3 Å². The maximum absolute atomic E-state index is 13.5. The SMILES string of the molecule is CCOc1ccccc1CCCNC(=S)Nc1c(F)cccc1F. The molecule has 128 valence electrons. The largest absolute Gasteiger partial charge is 0.494 e. The van der Waals surface area contributed by atoms with Gasteiger partial charge in [0.05, 0.1) is 6.61 Å². The van der Waals surface area contributed by atoms with E-state index < -0.39 is 11.6 Å². The Morgan fingerprint density at radius 3 is 2.50 bits per heavy atom. The summed E-state index contributed by atoms with van der Waals surface area (Å²) in [6.45, 7) is 3.16. The van der Waals surface area contributed by atoms with Crippen LogP contribution in [0.1, 0.15) is 18.9 Å². The number of halogens is 2. The highest BCUT2D eigenvalue weighted by molar-refractivity contribution is 7.80. The highest BCUT2D eigenvalue weighted by atomic mass is 32.1. The van der Waals surface area contributed by atoms with Gasteiger partial charge in [0.25, 0.3) is 0 Å². The van der Waals surface area contributed by atoms with Crippen LogP contribution in [0.5, 0.6) is 5.75 Å². The molecule has 0 fully saturated rings. The number of para-hydroxylation sites is 2. The average molecular weight is 350 g/mol. The van der Waals surface area contributed by atoms with Crippen molar-refractivity contribution in [1.29, 1.82) is 0 Å². The standard InChI is InChI=1S/C18H20F2N2OS/c1-2-23-16-11-4-3-7-13(16)8-6-12-21-18(24)22-17-14(19)9-5-10-15(17)20/h3-5,7,9-11H,2,6,8,12H2,1H3,(H2,21,22,24). The van der Waals surface area contributed by atoms with Crippen molar-refractivity contribution in [2.24, 2.45) is 0 Å². The zero-order valence-corrected chi connectivity index (χ0v) is 14.3. The van der Waals surface area contributed by atoms with E-state index in [4.69, 9.17) is 17.0 Å². The van der Waals surface area contributed by atoms with Crippen molar-refractivity contribution >= 4 is 23.0 Å². The number of hydrogen-bond acceptors (Lipinski definition) is 2. The molecule has 0 aliphatic heterocycles. The number of anilines is 1. The van der Waals surface area contributed by atoms with Crippen LogP contribution < -0.4 is 15.4 Å². The molecule has 0 saturated carbocycles. The second kappa shape index (κ2) is 9.17. The number of thiocarbonyl (C=S) groups is 1. The van der Waals surface area contributed by atoms with Gasteiger partial charge in [0, 0.05) is 6.54 Å². The molecule has 0 aliphatic carbocycles. The molecular weight excluding hydrogens is 330 g/mol. The number of hydrogen-bond donors (Lipinski definition) is 2. The Hall–Kier alpha value is -2.21. The van der Waals surface area contributed by atoms with Gasteiger partial charge in [-0.05, 0) is 55.7 Å². The first-order chi connectivity index (χ1) is 11.6. The maximum atomic E-state index is 13.5. The van der Waals surface area contributed by atoms with E-state index in [1.807, 2.05) is 31.2 Å². The fourth-order valence-electron chi connectivity index (χ4n) is 2.26. The van der Waals surface area contributed by atoms with Crippen LogP contribution in [0.2, 0.25) is 0 Å². The third kappa shape index (κ3) is 5.16. The monoisotopic (exact) mass is 350 g/mol. The van der Waals surface area contributed by atoms with Crippen LogP contribution in [0.3, 0.4) is 0 Å². The van der Waals surface area contributed by atoms with Crippen molar-refractivity contribution in [2.45, 2.75) is 19.8 Å². The van der Waals surface area contributed by atoms with Crippen LogP contribution in [0, 0.1) is 11.6 Å². The van der Waals surface area contributed by atoms with Crippen LogP contribution in [0.25, 0.3) is 0 Å². The smallest absolute Gasteiger partial charge is 0.170 e. The zero-order chi connectivity index (χ0) is 17.4. The Balaban J connectivity index is 1.79. The van der Waals surface area contributed by atoms with E-state index in [1.165, 1.54) is 18.2 Å². The minimum atomic E-state index is -0.676. The summed E-state index contributed by atoms with van der Waals surface area (Å²) in [4.78, 5) is 0. The molecule has 0 spiro atoms. The summed E-state index contributed by atoms with van der Waals surface area (Å²) >= 11 is 5.07. The van der Waals surface area contributed by atoms with Crippen molar-refractivity contribution in [3.8, 4) is 5.75 Å². The molecular formula is C18H20F2N2OS. The number of ether oxygens (including phenoxy) is 1. The van der Waals surface area contributed by atoms with Gasteiger partial charge in [-0.15, -0.1) is 0 Å². The van der Waals surface area contributed by atoms with Crippen molar-refractivity contribution in [1.82, 2.24) is 5.32 Å². The number of benzene rings is 2. The summed E-state index contributed by atoms with van der Waals surface area (Å²) < 4.78 is 32.6. The van der Waals surface area contributed by atoms with Crippen LogP contribution in [-0.4, -0.2) is 18.3 Å². The van der Waals surface area contributed by atoms with Crippen molar-refractivity contribution < 1.29 is 13.5 Å². The minimum absolute atomic E-state index is 0.192. The van der Waals surface area contributed by atoms with Crippen molar-refractivity contribution in [3.05, 3.63) is 59.7 Å². The molecule has 2 rings (SSSR count). The molecule has 2 N–H and O–H groups in total. The van der Waals surface area contributed by atoms with Gasteiger partial charge in [0.1, 0.15) is 23.1 Å². The Kier molecular flexibility index (Phi) is 6.93. The molecule has 0 bridgehead atoms. The molecule has 0 atom stereocenters. The van der Waals surface area contributed by atoms with Crippen LogP contribution in [-0.2, 0) is 6.42 Å². The zero-order valence-electron chi connectivity index (χ0n) is 13.4. The predicted molar refractivity (Wildman–Crippen MR) is 96.5 cm³/mol. The number of rotatable bonds is 7. The van der Waals surface area contributed by atoms with E-state index in [2.05, 4.69) is 10.6 Å². The first kappa shape index (κ1) is 18.1. The van der Waals surface area contributed by atoms with E-state index in [0.717, 1.165) is 24.2 Å². The van der Waals surface area contributed by atoms with E-state index >= 15 is 0 Å². The summed E-state index contributed by atoms with van der Waals surface area (Å²) in [5.74, 6) is -0.469. The lowest BCUT2D eigenvalue weighted by molar-refractivity contribution is 0.336. The summed E-state index contributed by atoms with van der Waals surface area (Å²) in [6, 6.07) is 11.5. The Morgan fingerprint density at radius 1 is 1.08 bits per heavy atom. The molecule has 24 heavy (non-hydrogen) atoms. The Labute approximate surface area is 146 Å². The van der Waals surface area contributed by atoms with Crippen LogP contribution in [0.15, 0.2) is 42.5 Å². The van der Waals surface area contributed by atoms with Crippen molar-refractivity contribution in [3.63, 3.8) is 0 Å².